The van der Waals surface area contributed by atoms with Crippen molar-refractivity contribution in [1.82, 2.24) is 0 Å². The summed E-state index contributed by atoms with van der Waals surface area (Å²) in [5, 5.41) is 2.45. The number of carbonyl (C=O) groups excluding carboxylic acids is 3. The summed E-state index contributed by atoms with van der Waals surface area (Å²) in [6.45, 7) is -1.76. The van der Waals surface area contributed by atoms with Crippen LogP contribution in [0.4, 0.5) is 14.5 Å². The fraction of sp³-hybridized carbons (Fsp3) is 0.286. The molecule has 0 fully saturated rings. The molecule has 0 aliphatic carbocycles. The van der Waals surface area contributed by atoms with Crippen molar-refractivity contribution in [3.05, 3.63) is 53.1 Å². The number of hydrogen-bond acceptors (Lipinski definition) is 7. The van der Waals surface area contributed by atoms with Crippen molar-refractivity contribution < 1.29 is 42.1 Å². The van der Waals surface area contributed by atoms with Crippen LogP contribution in [0.5, 0.6) is 11.5 Å². The largest absolute Gasteiger partial charge is 0.493 e. The third kappa shape index (κ3) is 4.42. The van der Waals surface area contributed by atoms with Crippen LogP contribution in [0.15, 0.2) is 36.4 Å². The Morgan fingerprint density at radius 3 is 2.52 bits per heavy atom. The molecule has 10 heteroatoms. The fourth-order valence-electron chi connectivity index (χ4n) is 3.20. The lowest BCUT2D eigenvalue weighted by Crippen LogP contribution is -2.49. The first-order valence-corrected chi connectivity index (χ1v) is 9.06. The molecule has 2 aromatic rings. The van der Waals surface area contributed by atoms with E-state index < -0.39 is 35.8 Å². The minimum atomic E-state index is -3.17. The number of esters is 2. The predicted molar refractivity (Wildman–Crippen MR) is 104 cm³/mol. The number of halogens is 2. The van der Waals surface area contributed by atoms with Gasteiger partial charge in [0.1, 0.15) is 0 Å². The first kappa shape index (κ1) is 22.0. The van der Waals surface area contributed by atoms with Crippen LogP contribution in [0.25, 0.3) is 0 Å². The summed E-state index contributed by atoms with van der Waals surface area (Å²) in [5.41, 5.74) is -0.992. The summed E-state index contributed by atoms with van der Waals surface area (Å²) in [5.74, 6) is -2.87. The van der Waals surface area contributed by atoms with Gasteiger partial charge in [-0.15, -0.1) is 0 Å². The van der Waals surface area contributed by atoms with Gasteiger partial charge < -0.3 is 24.3 Å². The minimum absolute atomic E-state index is 0.0743. The molecule has 164 valence electrons. The molecule has 8 nitrogen and oxygen atoms in total. The molecule has 0 radical (unpaired) electrons. The highest BCUT2D eigenvalue weighted by Crippen LogP contribution is 2.36. The number of benzene rings is 2. The van der Waals surface area contributed by atoms with Crippen LogP contribution in [0, 0.1) is 0 Å². The molecule has 31 heavy (non-hydrogen) atoms. The van der Waals surface area contributed by atoms with E-state index in [9.17, 15) is 23.2 Å². The van der Waals surface area contributed by atoms with Gasteiger partial charge in [0.15, 0.2) is 17.1 Å². The second-order valence-corrected chi connectivity index (χ2v) is 6.83. The molecule has 1 N–H and O–H groups in total. The number of rotatable bonds is 6. The first-order valence-electron chi connectivity index (χ1n) is 9.06. The smallest absolute Gasteiger partial charge is 0.387 e. The van der Waals surface area contributed by atoms with E-state index in [4.69, 9.17) is 14.2 Å². The standard InChI is InChI=1S/C21H19F2NO7/c1-21(10-11-6-4-5-7-12(11)18(26)31-21)19(27)24-14-9-16(30-20(22)23)15(28-2)8-13(14)17(25)29-3/h4-9,20H,10H2,1-3H3,(H,24,27). The van der Waals surface area contributed by atoms with Crippen molar-refractivity contribution in [2.24, 2.45) is 0 Å². The molecule has 0 saturated heterocycles. The van der Waals surface area contributed by atoms with Gasteiger partial charge in [0.2, 0.25) is 0 Å². The van der Waals surface area contributed by atoms with Crippen LogP contribution in [0.3, 0.4) is 0 Å². The van der Waals surface area contributed by atoms with Gasteiger partial charge in [0.05, 0.1) is 31.0 Å². The zero-order valence-corrected chi connectivity index (χ0v) is 16.9. The van der Waals surface area contributed by atoms with Gasteiger partial charge in [0, 0.05) is 18.6 Å². The molecule has 0 spiro atoms. The van der Waals surface area contributed by atoms with Gasteiger partial charge in [-0.05, 0) is 18.6 Å². The second kappa shape index (κ2) is 8.58. The number of carbonyl (C=O) groups is 3. The minimum Gasteiger partial charge on any atom is -0.493 e. The lowest BCUT2D eigenvalue weighted by molar-refractivity contribution is -0.134. The Kier molecular flexibility index (Phi) is 6.09. The number of alkyl halides is 2. The highest BCUT2D eigenvalue weighted by atomic mass is 19.3. The van der Waals surface area contributed by atoms with Crippen molar-refractivity contribution in [3.63, 3.8) is 0 Å². The Morgan fingerprint density at radius 2 is 1.87 bits per heavy atom. The SMILES string of the molecule is COC(=O)c1cc(OC)c(OC(F)F)cc1NC(=O)C1(C)Cc2ccccc2C(=O)O1. The van der Waals surface area contributed by atoms with Crippen LogP contribution < -0.4 is 14.8 Å². The van der Waals surface area contributed by atoms with E-state index in [1.54, 1.807) is 24.3 Å². The predicted octanol–water partition coefficient (Wildman–Crippen LogP) is 3.19. The van der Waals surface area contributed by atoms with Crippen LogP contribution in [0.2, 0.25) is 0 Å². The summed E-state index contributed by atoms with van der Waals surface area (Å²) in [6.07, 6.45) is 0.0743. The summed E-state index contributed by atoms with van der Waals surface area (Å²) >= 11 is 0. The monoisotopic (exact) mass is 435 g/mol. The molecular formula is C21H19F2NO7. The van der Waals surface area contributed by atoms with E-state index >= 15 is 0 Å². The van der Waals surface area contributed by atoms with Gasteiger partial charge in [-0.1, -0.05) is 18.2 Å². The molecule has 1 heterocycles. The van der Waals surface area contributed by atoms with E-state index in [1.807, 2.05) is 0 Å². The van der Waals surface area contributed by atoms with Gasteiger partial charge in [-0.3, -0.25) is 4.79 Å². The molecular weight excluding hydrogens is 416 g/mol. The summed E-state index contributed by atoms with van der Waals surface area (Å²) in [6, 6.07) is 8.79. The number of anilines is 1. The number of amides is 1. The second-order valence-electron chi connectivity index (χ2n) is 6.83. The Labute approximate surface area is 176 Å². The summed E-state index contributed by atoms with van der Waals surface area (Å²) < 4.78 is 45.0. The average Bonchev–Trinajstić information content (AvgIpc) is 2.72. The first-order chi connectivity index (χ1) is 14.7. The van der Waals surface area contributed by atoms with E-state index in [0.29, 0.717) is 11.1 Å². The van der Waals surface area contributed by atoms with Gasteiger partial charge >= 0.3 is 18.6 Å². The topological polar surface area (TPSA) is 100 Å². The van der Waals surface area contributed by atoms with Crippen molar-refractivity contribution in [2.75, 3.05) is 19.5 Å². The molecule has 2 aromatic carbocycles. The third-order valence-corrected chi connectivity index (χ3v) is 4.74. The fourth-order valence-corrected chi connectivity index (χ4v) is 3.20. The maximum absolute atomic E-state index is 13.0. The van der Waals surface area contributed by atoms with Crippen LogP contribution in [0.1, 0.15) is 33.2 Å². The molecule has 0 aromatic heterocycles. The van der Waals surface area contributed by atoms with Crippen molar-refractivity contribution in [2.45, 2.75) is 25.6 Å². The average molecular weight is 435 g/mol. The third-order valence-electron chi connectivity index (χ3n) is 4.74. The molecule has 1 aliphatic heterocycles. The quantitative estimate of drug-likeness (QED) is 0.696. The molecule has 1 amide bonds. The Bertz CT molecular complexity index is 1040. The van der Waals surface area contributed by atoms with Gasteiger partial charge in [-0.2, -0.15) is 8.78 Å². The Hall–Kier alpha value is -3.69. The number of ether oxygens (including phenoxy) is 4. The zero-order chi connectivity index (χ0) is 22.8. The zero-order valence-electron chi connectivity index (χ0n) is 16.9. The van der Waals surface area contributed by atoms with E-state index in [0.717, 1.165) is 19.2 Å². The molecule has 1 aliphatic rings. The molecule has 3 rings (SSSR count). The Morgan fingerprint density at radius 1 is 1.16 bits per heavy atom. The number of fused-ring (bicyclic) bond motifs is 1. The van der Waals surface area contributed by atoms with Gasteiger partial charge in [-0.25, -0.2) is 9.59 Å². The van der Waals surface area contributed by atoms with E-state index in [-0.39, 0.29) is 23.4 Å². The van der Waals surface area contributed by atoms with Crippen LogP contribution >= 0.6 is 0 Å². The molecule has 0 bridgehead atoms. The molecule has 1 unspecified atom stereocenters. The van der Waals surface area contributed by atoms with Gasteiger partial charge in [0.25, 0.3) is 5.91 Å². The number of methoxy groups -OCH3 is 2. The van der Waals surface area contributed by atoms with E-state index in [1.165, 1.54) is 14.0 Å². The molecule has 0 saturated carbocycles. The number of nitrogens with one attached hydrogen (secondary N) is 1. The van der Waals surface area contributed by atoms with Crippen molar-refractivity contribution >= 4 is 23.5 Å². The normalized spacial score (nSPS) is 17.4. The number of cyclic esters (lactones) is 1. The van der Waals surface area contributed by atoms with Crippen LogP contribution in [-0.4, -0.2) is 44.3 Å². The van der Waals surface area contributed by atoms with E-state index in [2.05, 4.69) is 10.1 Å². The Balaban J connectivity index is 1.97. The van der Waals surface area contributed by atoms with Crippen LogP contribution in [-0.2, 0) is 20.7 Å². The maximum atomic E-state index is 13.0. The van der Waals surface area contributed by atoms with Crippen molar-refractivity contribution in [3.8, 4) is 11.5 Å². The highest BCUT2D eigenvalue weighted by Gasteiger charge is 2.43. The molecule has 1 atom stereocenters. The van der Waals surface area contributed by atoms with Crippen molar-refractivity contribution in [1.29, 1.82) is 0 Å². The number of hydrogen-bond donors (Lipinski definition) is 1. The highest BCUT2D eigenvalue weighted by molar-refractivity contribution is 6.06. The lowest BCUT2D eigenvalue weighted by atomic mass is 9.89. The maximum Gasteiger partial charge on any atom is 0.387 e. The lowest BCUT2D eigenvalue weighted by Gasteiger charge is -2.33. The summed E-state index contributed by atoms with van der Waals surface area (Å²) in [7, 11) is 2.32. The summed E-state index contributed by atoms with van der Waals surface area (Å²) in [4.78, 5) is 37.6.